The maximum atomic E-state index is 12.8. The van der Waals surface area contributed by atoms with Crippen LogP contribution in [0.3, 0.4) is 0 Å². The molecule has 0 spiro atoms. The number of piperidine rings is 1. The van der Waals surface area contributed by atoms with Crippen LogP contribution in [0.4, 0.5) is 0 Å². The predicted molar refractivity (Wildman–Crippen MR) is 124 cm³/mol. The lowest BCUT2D eigenvalue weighted by atomic mass is 9.97. The maximum absolute atomic E-state index is 12.8. The van der Waals surface area contributed by atoms with E-state index in [9.17, 15) is 13.2 Å². The lowest BCUT2D eigenvalue weighted by molar-refractivity contribution is -0.126. The van der Waals surface area contributed by atoms with Crippen molar-refractivity contribution in [3.63, 3.8) is 0 Å². The van der Waals surface area contributed by atoms with Crippen molar-refractivity contribution in [3.8, 4) is 5.69 Å². The first-order valence-electron chi connectivity index (χ1n) is 10.8. The summed E-state index contributed by atoms with van der Waals surface area (Å²) in [6.45, 7) is 3.14. The van der Waals surface area contributed by atoms with E-state index in [4.69, 9.17) is 0 Å². The van der Waals surface area contributed by atoms with Crippen LogP contribution in [0.1, 0.15) is 29.5 Å². The average Bonchev–Trinajstić information content (AvgIpc) is 3.34. The van der Waals surface area contributed by atoms with Crippen LogP contribution in [0.2, 0.25) is 0 Å². The molecule has 0 aliphatic carbocycles. The summed E-state index contributed by atoms with van der Waals surface area (Å²) in [5.41, 5.74) is 3.83. The molecule has 1 aliphatic heterocycles. The quantitative estimate of drug-likeness (QED) is 0.597. The van der Waals surface area contributed by atoms with Crippen molar-refractivity contribution in [3.05, 3.63) is 83.9 Å². The molecule has 2 aromatic carbocycles. The van der Waals surface area contributed by atoms with E-state index in [0.29, 0.717) is 32.5 Å². The number of carbonyl (C=O) groups is 1. The van der Waals surface area contributed by atoms with Gasteiger partial charge in [0.15, 0.2) is 0 Å². The SMILES string of the molecule is Cc1ccccc1CS(=O)(=O)N1CCC(C(=O)NCc2ccc(-n3ccnc3)cc2)CC1. The normalized spacial score (nSPS) is 15.5. The molecule has 4 rings (SSSR count). The van der Waals surface area contributed by atoms with Gasteiger partial charge in [-0.1, -0.05) is 36.4 Å². The van der Waals surface area contributed by atoms with Gasteiger partial charge in [0.25, 0.3) is 0 Å². The van der Waals surface area contributed by atoms with Gasteiger partial charge < -0.3 is 9.88 Å². The van der Waals surface area contributed by atoms with Crippen molar-refractivity contribution in [1.29, 1.82) is 0 Å². The highest BCUT2D eigenvalue weighted by molar-refractivity contribution is 7.88. The van der Waals surface area contributed by atoms with E-state index < -0.39 is 10.0 Å². The van der Waals surface area contributed by atoms with Crippen molar-refractivity contribution in [1.82, 2.24) is 19.2 Å². The summed E-state index contributed by atoms with van der Waals surface area (Å²) in [7, 11) is -3.39. The fraction of sp³-hybridized carbons (Fsp3) is 0.333. The monoisotopic (exact) mass is 452 g/mol. The van der Waals surface area contributed by atoms with Crippen LogP contribution in [0.15, 0.2) is 67.3 Å². The Bertz CT molecular complexity index is 1150. The summed E-state index contributed by atoms with van der Waals surface area (Å²) < 4.78 is 29.1. The van der Waals surface area contributed by atoms with E-state index in [1.54, 1.807) is 12.5 Å². The minimum absolute atomic E-state index is 0.00556. The standard InChI is InChI=1S/C24H28N4O3S/c1-19-4-2-3-5-22(19)17-32(30,31)28-13-10-21(11-14-28)24(29)26-16-20-6-8-23(9-7-20)27-15-12-25-18-27/h2-9,12,15,18,21H,10-11,13-14,16-17H2,1H3,(H,26,29). The Morgan fingerprint density at radius 2 is 1.81 bits per heavy atom. The summed E-state index contributed by atoms with van der Waals surface area (Å²) in [6.07, 6.45) is 6.43. The molecular weight excluding hydrogens is 424 g/mol. The first-order chi connectivity index (χ1) is 15.4. The number of carbonyl (C=O) groups excluding carboxylic acids is 1. The van der Waals surface area contributed by atoms with Gasteiger partial charge in [0.1, 0.15) is 0 Å². The topological polar surface area (TPSA) is 84.3 Å². The first kappa shape index (κ1) is 22.2. The third-order valence-corrected chi connectivity index (χ3v) is 7.85. The molecule has 168 valence electrons. The van der Waals surface area contributed by atoms with E-state index in [1.165, 1.54) is 4.31 Å². The van der Waals surface area contributed by atoms with E-state index in [-0.39, 0.29) is 17.6 Å². The maximum Gasteiger partial charge on any atom is 0.223 e. The number of rotatable bonds is 7. The van der Waals surface area contributed by atoms with E-state index in [0.717, 1.165) is 22.4 Å². The van der Waals surface area contributed by atoms with Gasteiger partial charge in [0.2, 0.25) is 15.9 Å². The molecule has 0 unspecified atom stereocenters. The molecule has 0 radical (unpaired) electrons. The molecule has 0 atom stereocenters. The highest BCUT2D eigenvalue weighted by atomic mass is 32.2. The molecule has 1 saturated heterocycles. The molecule has 1 amide bonds. The summed E-state index contributed by atoms with van der Waals surface area (Å²) in [4.78, 5) is 16.7. The molecule has 7 nitrogen and oxygen atoms in total. The number of sulfonamides is 1. The number of aryl methyl sites for hydroxylation is 1. The van der Waals surface area contributed by atoms with Crippen molar-refractivity contribution >= 4 is 15.9 Å². The lowest BCUT2D eigenvalue weighted by Gasteiger charge is -2.30. The van der Waals surface area contributed by atoms with Gasteiger partial charge in [-0.15, -0.1) is 0 Å². The molecule has 1 aliphatic rings. The van der Waals surface area contributed by atoms with Crippen molar-refractivity contribution in [2.24, 2.45) is 5.92 Å². The zero-order valence-electron chi connectivity index (χ0n) is 18.1. The first-order valence-corrected chi connectivity index (χ1v) is 12.4. The van der Waals surface area contributed by atoms with Gasteiger partial charge in [-0.05, 0) is 48.6 Å². The van der Waals surface area contributed by atoms with Gasteiger partial charge in [0, 0.05) is 43.6 Å². The van der Waals surface area contributed by atoms with Gasteiger partial charge in [-0.25, -0.2) is 17.7 Å². The number of nitrogens with one attached hydrogen (secondary N) is 1. The Kier molecular flexibility index (Phi) is 6.72. The van der Waals surface area contributed by atoms with Crippen LogP contribution < -0.4 is 5.32 Å². The Hall–Kier alpha value is -2.97. The molecule has 8 heteroatoms. The highest BCUT2D eigenvalue weighted by Gasteiger charge is 2.31. The second-order valence-electron chi connectivity index (χ2n) is 8.21. The number of imidazole rings is 1. The zero-order chi connectivity index (χ0) is 22.6. The number of benzene rings is 2. The predicted octanol–water partition coefficient (Wildman–Crippen LogP) is 3.04. The summed E-state index contributed by atoms with van der Waals surface area (Å²) in [5, 5.41) is 3.00. The largest absolute Gasteiger partial charge is 0.352 e. The fourth-order valence-electron chi connectivity index (χ4n) is 3.99. The molecule has 0 bridgehead atoms. The van der Waals surface area contributed by atoms with Crippen LogP contribution in [0.5, 0.6) is 0 Å². The van der Waals surface area contributed by atoms with Crippen molar-refractivity contribution in [2.45, 2.75) is 32.1 Å². The van der Waals surface area contributed by atoms with Crippen LogP contribution in [0.25, 0.3) is 5.69 Å². The zero-order valence-corrected chi connectivity index (χ0v) is 19.0. The number of hydrogen-bond acceptors (Lipinski definition) is 4. The fourth-order valence-corrected chi connectivity index (χ4v) is 5.65. The third kappa shape index (κ3) is 5.26. The molecule has 2 heterocycles. The number of amides is 1. The molecular formula is C24H28N4O3S. The van der Waals surface area contributed by atoms with Crippen molar-refractivity contribution < 1.29 is 13.2 Å². The average molecular weight is 453 g/mol. The van der Waals surface area contributed by atoms with Crippen LogP contribution in [-0.4, -0.2) is 41.3 Å². The van der Waals surface area contributed by atoms with Crippen molar-refractivity contribution in [2.75, 3.05) is 13.1 Å². The number of nitrogens with zero attached hydrogens (tertiary/aromatic N) is 3. The Labute approximate surface area is 189 Å². The number of hydrogen-bond donors (Lipinski definition) is 1. The summed E-state index contributed by atoms with van der Waals surface area (Å²) in [6, 6.07) is 15.5. The van der Waals surface area contributed by atoms with Gasteiger partial charge >= 0.3 is 0 Å². The van der Waals surface area contributed by atoms with Crippen LogP contribution in [-0.2, 0) is 27.1 Å². The van der Waals surface area contributed by atoms with Crippen LogP contribution in [0, 0.1) is 12.8 Å². The highest BCUT2D eigenvalue weighted by Crippen LogP contribution is 2.23. The molecule has 1 fully saturated rings. The molecule has 1 N–H and O–H groups in total. The Morgan fingerprint density at radius 3 is 2.47 bits per heavy atom. The summed E-state index contributed by atoms with van der Waals surface area (Å²) in [5.74, 6) is -0.171. The van der Waals surface area contributed by atoms with Crippen LogP contribution >= 0.6 is 0 Å². The smallest absolute Gasteiger partial charge is 0.223 e. The molecule has 3 aromatic rings. The minimum atomic E-state index is -3.39. The molecule has 32 heavy (non-hydrogen) atoms. The molecule has 1 aromatic heterocycles. The Balaban J connectivity index is 1.26. The Morgan fingerprint density at radius 1 is 1.09 bits per heavy atom. The second kappa shape index (κ2) is 9.67. The van der Waals surface area contributed by atoms with E-state index in [2.05, 4.69) is 10.3 Å². The van der Waals surface area contributed by atoms with Gasteiger partial charge in [0.05, 0.1) is 12.1 Å². The lowest BCUT2D eigenvalue weighted by Crippen LogP contribution is -2.43. The van der Waals surface area contributed by atoms with Gasteiger partial charge in [-0.2, -0.15) is 0 Å². The van der Waals surface area contributed by atoms with E-state index in [1.807, 2.05) is 66.2 Å². The number of aromatic nitrogens is 2. The summed E-state index contributed by atoms with van der Waals surface area (Å²) >= 11 is 0. The van der Waals surface area contributed by atoms with E-state index >= 15 is 0 Å². The second-order valence-corrected chi connectivity index (χ2v) is 10.2. The van der Waals surface area contributed by atoms with Gasteiger partial charge in [-0.3, -0.25) is 4.79 Å². The minimum Gasteiger partial charge on any atom is -0.352 e. The third-order valence-electron chi connectivity index (χ3n) is 6.02. The molecule has 0 saturated carbocycles.